The number of nitrogens with one attached hydrogen (secondary N) is 2. The fourth-order valence-electron chi connectivity index (χ4n) is 2.12. The molecule has 0 aliphatic heterocycles. The van der Waals surface area contributed by atoms with Crippen molar-refractivity contribution in [2.75, 3.05) is 17.6 Å². The van der Waals surface area contributed by atoms with Gasteiger partial charge in [-0.25, -0.2) is 4.98 Å². The van der Waals surface area contributed by atoms with Gasteiger partial charge in [-0.05, 0) is 19.3 Å². The zero-order valence-corrected chi connectivity index (χ0v) is 11.5. The highest BCUT2D eigenvalue weighted by molar-refractivity contribution is 7.18. The summed E-state index contributed by atoms with van der Waals surface area (Å²) in [5.74, 6) is 0.246. The molecular formula is C12H20N4OS. The van der Waals surface area contributed by atoms with Crippen molar-refractivity contribution in [1.29, 1.82) is 0 Å². The van der Waals surface area contributed by atoms with Gasteiger partial charge in [-0.2, -0.15) is 0 Å². The summed E-state index contributed by atoms with van der Waals surface area (Å²) in [5.41, 5.74) is 5.79. The summed E-state index contributed by atoms with van der Waals surface area (Å²) in [4.78, 5) is 16.8. The van der Waals surface area contributed by atoms with E-state index in [-0.39, 0.29) is 5.91 Å². The highest BCUT2D eigenvalue weighted by Crippen LogP contribution is 2.26. The standard InChI is InChI=1S/C12H20N4OS/c1-2-7-14-12-16-10(13)9(18-12)11(17)15-8-5-3-4-6-8/h8H,2-7,13H2,1H3,(H,14,16)(H,15,17). The van der Waals surface area contributed by atoms with Crippen molar-refractivity contribution < 1.29 is 4.79 Å². The number of hydrogen-bond acceptors (Lipinski definition) is 5. The molecule has 0 radical (unpaired) electrons. The van der Waals surface area contributed by atoms with Crippen molar-refractivity contribution in [3.05, 3.63) is 4.88 Å². The van der Waals surface area contributed by atoms with Crippen LogP contribution >= 0.6 is 11.3 Å². The number of carbonyl (C=O) groups excluding carboxylic acids is 1. The first-order valence-electron chi connectivity index (χ1n) is 6.51. The van der Waals surface area contributed by atoms with Crippen LogP contribution in [0.25, 0.3) is 0 Å². The molecule has 2 rings (SSSR count). The third kappa shape index (κ3) is 3.13. The molecule has 4 N–H and O–H groups in total. The molecule has 0 unspecified atom stereocenters. The molecular weight excluding hydrogens is 248 g/mol. The Balaban J connectivity index is 1.98. The van der Waals surface area contributed by atoms with E-state index >= 15 is 0 Å². The normalized spacial score (nSPS) is 15.8. The number of amides is 1. The zero-order valence-electron chi connectivity index (χ0n) is 10.7. The van der Waals surface area contributed by atoms with Crippen LogP contribution in [-0.2, 0) is 0 Å². The first-order chi connectivity index (χ1) is 8.70. The number of anilines is 2. The molecule has 1 fully saturated rings. The fraction of sp³-hybridized carbons (Fsp3) is 0.667. The molecule has 1 amide bonds. The lowest BCUT2D eigenvalue weighted by Gasteiger charge is -2.10. The van der Waals surface area contributed by atoms with Crippen LogP contribution < -0.4 is 16.4 Å². The Bertz CT molecular complexity index is 412. The molecule has 1 aliphatic rings. The van der Waals surface area contributed by atoms with E-state index in [2.05, 4.69) is 22.5 Å². The van der Waals surface area contributed by atoms with Crippen LogP contribution in [0.3, 0.4) is 0 Å². The first-order valence-corrected chi connectivity index (χ1v) is 7.33. The van der Waals surface area contributed by atoms with Gasteiger partial charge in [-0.3, -0.25) is 4.79 Å². The predicted octanol–water partition coefficient (Wildman–Crippen LogP) is 2.22. The van der Waals surface area contributed by atoms with Crippen LogP contribution in [0, 0.1) is 0 Å². The van der Waals surface area contributed by atoms with Gasteiger partial charge in [0, 0.05) is 12.6 Å². The van der Waals surface area contributed by atoms with Crippen LogP contribution in [0.2, 0.25) is 0 Å². The molecule has 1 saturated carbocycles. The Labute approximate surface area is 111 Å². The zero-order chi connectivity index (χ0) is 13.0. The van der Waals surface area contributed by atoms with Crippen molar-refractivity contribution in [2.24, 2.45) is 0 Å². The highest BCUT2D eigenvalue weighted by Gasteiger charge is 2.21. The molecule has 0 spiro atoms. The van der Waals surface area contributed by atoms with E-state index in [0.717, 1.165) is 30.9 Å². The minimum absolute atomic E-state index is 0.0820. The van der Waals surface area contributed by atoms with E-state index in [9.17, 15) is 4.79 Å². The lowest BCUT2D eigenvalue weighted by atomic mass is 10.2. The quantitative estimate of drug-likeness (QED) is 0.765. The minimum Gasteiger partial charge on any atom is -0.382 e. The smallest absolute Gasteiger partial charge is 0.265 e. The fourth-order valence-corrected chi connectivity index (χ4v) is 2.94. The summed E-state index contributed by atoms with van der Waals surface area (Å²) >= 11 is 1.33. The molecule has 0 atom stereocenters. The largest absolute Gasteiger partial charge is 0.382 e. The second-order valence-corrected chi connectivity index (χ2v) is 5.61. The van der Waals surface area contributed by atoms with Crippen molar-refractivity contribution in [2.45, 2.75) is 45.1 Å². The molecule has 0 saturated heterocycles. The topological polar surface area (TPSA) is 80.0 Å². The summed E-state index contributed by atoms with van der Waals surface area (Å²) in [6.45, 7) is 2.92. The molecule has 1 aliphatic carbocycles. The molecule has 1 heterocycles. The molecule has 6 heteroatoms. The highest BCUT2D eigenvalue weighted by atomic mass is 32.1. The first kappa shape index (κ1) is 13.1. The van der Waals surface area contributed by atoms with Crippen LogP contribution in [0.15, 0.2) is 0 Å². The maximum atomic E-state index is 12.1. The van der Waals surface area contributed by atoms with E-state index in [1.165, 1.54) is 24.2 Å². The van der Waals surface area contributed by atoms with Gasteiger partial charge in [0.1, 0.15) is 10.7 Å². The van der Waals surface area contributed by atoms with Gasteiger partial charge in [0.05, 0.1) is 0 Å². The lowest BCUT2D eigenvalue weighted by molar-refractivity contribution is 0.0942. The second kappa shape index (κ2) is 6.04. The summed E-state index contributed by atoms with van der Waals surface area (Å²) < 4.78 is 0. The Hall–Kier alpha value is -1.30. The van der Waals surface area contributed by atoms with Crippen LogP contribution in [0.4, 0.5) is 10.9 Å². The summed E-state index contributed by atoms with van der Waals surface area (Å²) in [7, 11) is 0. The van der Waals surface area contributed by atoms with Crippen LogP contribution in [0.5, 0.6) is 0 Å². The number of rotatable bonds is 5. The van der Waals surface area contributed by atoms with Gasteiger partial charge in [-0.1, -0.05) is 31.1 Å². The number of thiazole rings is 1. The van der Waals surface area contributed by atoms with Gasteiger partial charge in [0.15, 0.2) is 5.13 Å². The molecule has 5 nitrogen and oxygen atoms in total. The maximum absolute atomic E-state index is 12.1. The number of carbonyl (C=O) groups is 1. The monoisotopic (exact) mass is 268 g/mol. The minimum atomic E-state index is -0.0820. The molecule has 0 bridgehead atoms. The average molecular weight is 268 g/mol. The third-order valence-electron chi connectivity index (χ3n) is 3.08. The number of nitrogen functional groups attached to an aromatic ring is 1. The summed E-state index contributed by atoms with van der Waals surface area (Å²) in [6, 6.07) is 0.311. The Morgan fingerprint density at radius 1 is 1.50 bits per heavy atom. The predicted molar refractivity (Wildman–Crippen MR) is 75.0 cm³/mol. The summed E-state index contributed by atoms with van der Waals surface area (Å²) in [6.07, 6.45) is 5.57. The van der Waals surface area contributed by atoms with E-state index < -0.39 is 0 Å². The number of nitrogens with two attached hydrogens (primary N) is 1. The van der Waals surface area contributed by atoms with E-state index in [1.807, 2.05) is 0 Å². The van der Waals surface area contributed by atoms with Gasteiger partial charge in [-0.15, -0.1) is 0 Å². The average Bonchev–Trinajstić information content (AvgIpc) is 2.96. The van der Waals surface area contributed by atoms with Gasteiger partial charge >= 0.3 is 0 Å². The lowest BCUT2D eigenvalue weighted by Crippen LogP contribution is -2.32. The van der Waals surface area contributed by atoms with Crippen LogP contribution in [0.1, 0.15) is 48.7 Å². The van der Waals surface area contributed by atoms with Crippen LogP contribution in [-0.4, -0.2) is 23.5 Å². The molecule has 100 valence electrons. The molecule has 1 aromatic heterocycles. The third-order valence-corrected chi connectivity index (χ3v) is 4.10. The molecule has 18 heavy (non-hydrogen) atoms. The van der Waals surface area contributed by atoms with Gasteiger partial charge < -0.3 is 16.4 Å². The van der Waals surface area contributed by atoms with Crippen molar-refractivity contribution >= 4 is 28.2 Å². The number of aromatic nitrogens is 1. The maximum Gasteiger partial charge on any atom is 0.265 e. The van der Waals surface area contributed by atoms with Crippen molar-refractivity contribution in [3.63, 3.8) is 0 Å². The second-order valence-electron chi connectivity index (χ2n) is 4.62. The van der Waals surface area contributed by atoms with Crippen molar-refractivity contribution in [3.8, 4) is 0 Å². The van der Waals surface area contributed by atoms with E-state index in [1.54, 1.807) is 0 Å². The Morgan fingerprint density at radius 2 is 2.22 bits per heavy atom. The van der Waals surface area contributed by atoms with Crippen molar-refractivity contribution in [1.82, 2.24) is 10.3 Å². The SMILES string of the molecule is CCCNc1nc(N)c(C(=O)NC2CCCC2)s1. The molecule has 0 aromatic carbocycles. The number of nitrogens with zero attached hydrogens (tertiary/aromatic N) is 1. The van der Waals surface area contributed by atoms with Gasteiger partial charge in [0.2, 0.25) is 0 Å². The summed E-state index contributed by atoms with van der Waals surface area (Å²) in [5, 5.41) is 6.91. The Morgan fingerprint density at radius 3 is 2.89 bits per heavy atom. The van der Waals surface area contributed by atoms with E-state index in [0.29, 0.717) is 16.7 Å². The number of hydrogen-bond donors (Lipinski definition) is 3. The molecule has 1 aromatic rings. The Kier molecular flexibility index (Phi) is 4.41. The van der Waals surface area contributed by atoms with E-state index in [4.69, 9.17) is 5.73 Å². The van der Waals surface area contributed by atoms with Gasteiger partial charge in [0.25, 0.3) is 5.91 Å².